The number of halogens is 2. The fourth-order valence-corrected chi connectivity index (χ4v) is 5.67. The van der Waals surface area contributed by atoms with Gasteiger partial charge in [-0.05, 0) is 49.9 Å². The van der Waals surface area contributed by atoms with Crippen molar-refractivity contribution in [3.63, 3.8) is 0 Å². The molecule has 1 fully saturated rings. The highest BCUT2D eigenvalue weighted by atomic mass is 19.2. The first-order valence-electron chi connectivity index (χ1n) is 11.9. The van der Waals surface area contributed by atoms with Gasteiger partial charge in [-0.15, -0.1) is 0 Å². The molecule has 0 N–H and O–H groups in total. The molecule has 2 aromatic carbocycles. The summed E-state index contributed by atoms with van der Waals surface area (Å²) in [7, 11) is 3.10. The minimum absolute atomic E-state index is 0.0440. The molecular formula is C26H24F2N6O2. The third-order valence-corrected chi connectivity index (χ3v) is 7.17. The molecule has 0 radical (unpaired) electrons. The van der Waals surface area contributed by atoms with Crippen molar-refractivity contribution in [2.45, 2.75) is 37.8 Å². The lowest BCUT2D eigenvalue weighted by atomic mass is 9.81. The Bertz CT molecular complexity index is 1470. The minimum atomic E-state index is -1.02. The first-order valence-corrected chi connectivity index (χ1v) is 11.9. The molecule has 2 unspecified atom stereocenters. The average molecular weight is 491 g/mol. The summed E-state index contributed by atoms with van der Waals surface area (Å²) in [4.78, 5) is 17.4. The van der Waals surface area contributed by atoms with Gasteiger partial charge in [-0.3, -0.25) is 9.48 Å². The van der Waals surface area contributed by atoms with Gasteiger partial charge in [0.05, 0.1) is 48.2 Å². The number of amides is 1. The van der Waals surface area contributed by atoms with Crippen molar-refractivity contribution < 1.29 is 18.3 Å². The molecule has 10 heteroatoms. The molecule has 2 aliphatic heterocycles. The number of nitrogens with zero attached hydrogens (tertiary/aromatic N) is 6. The number of para-hydroxylation sites is 1. The van der Waals surface area contributed by atoms with Gasteiger partial charge in [-0.2, -0.15) is 24.5 Å². The van der Waals surface area contributed by atoms with Crippen LogP contribution in [0.1, 0.15) is 46.9 Å². The number of methoxy groups -OCH3 is 1. The Morgan fingerprint density at radius 2 is 1.89 bits per heavy atom. The smallest absolute Gasteiger partial charge is 0.256 e. The van der Waals surface area contributed by atoms with E-state index in [-0.39, 0.29) is 23.7 Å². The first-order chi connectivity index (χ1) is 17.5. The highest BCUT2D eigenvalue weighted by molar-refractivity contribution is 5.98. The number of rotatable bonds is 4. The number of aryl methyl sites for hydroxylation is 1. The Balaban J connectivity index is 1.43. The molecule has 2 atom stereocenters. The van der Waals surface area contributed by atoms with Crippen LogP contribution >= 0.6 is 0 Å². The van der Waals surface area contributed by atoms with E-state index < -0.39 is 11.6 Å². The van der Waals surface area contributed by atoms with E-state index in [2.05, 4.69) is 10.2 Å². The van der Waals surface area contributed by atoms with Gasteiger partial charge in [0, 0.05) is 24.2 Å². The fraction of sp³-hybridized carbons (Fsp3) is 0.308. The number of hydrogen-bond donors (Lipinski definition) is 0. The highest BCUT2D eigenvalue weighted by Gasteiger charge is 2.44. The van der Waals surface area contributed by atoms with Crippen molar-refractivity contribution >= 4 is 5.91 Å². The third-order valence-electron chi connectivity index (χ3n) is 7.17. The second-order valence-corrected chi connectivity index (χ2v) is 9.16. The van der Waals surface area contributed by atoms with Crippen molar-refractivity contribution in [1.29, 1.82) is 0 Å². The van der Waals surface area contributed by atoms with E-state index in [0.717, 1.165) is 30.5 Å². The summed E-state index contributed by atoms with van der Waals surface area (Å²) in [6.45, 7) is 0. The van der Waals surface area contributed by atoms with Gasteiger partial charge in [0.25, 0.3) is 5.91 Å². The maximum atomic E-state index is 14.4. The second kappa shape index (κ2) is 8.54. The largest absolute Gasteiger partial charge is 0.494 e. The molecule has 0 saturated carbocycles. The van der Waals surface area contributed by atoms with E-state index in [1.54, 1.807) is 30.2 Å². The molecule has 36 heavy (non-hydrogen) atoms. The number of fused-ring (bicyclic) bond motifs is 4. The molecule has 0 spiro atoms. The number of benzene rings is 2. The number of carbonyl (C=O) groups excluding carboxylic acids is 1. The Morgan fingerprint density at radius 1 is 1.11 bits per heavy atom. The zero-order valence-electron chi connectivity index (χ0n) is 19.9. The molecule has 184 valence electrons. The Kier molecular flexibility index (Phi) is 5.31. The van der Waals surface area contributed by atoms with E-state index in [0.29, 0.717) is 28.9 Å². The Morgan fingerprint density at radius 3 is 2.67 bits per heavy atom. The number of piperidine rings is 1. The van der Waals surface area contributed by atoms with Crippen LogP contribution in [0, 0.1) is 11.6 Å². The van der Waals surface area contributed by atoms with Gasteiger partial charge >= 0.3 is 0 Å². The molecule has 1 saturated heterocycles. The summed E-state index contributed by atoms with van der Waals surface area (Å²) in [6.07, 6.45) is 6.32. The Hall–Kier alpha value is -4.08. The van der Waals surface area contributed by atoms with Crippen molar-refractivity contribution in [2.75, 3.05) is 7.11 Å². The summed E-state index contributed by atoms with van der Waals surface area (Å²) in [5.41, 5.74) is 4.12. The fourth-order valence-electron chi connectivity index (χ4n) is 5.67. The van der Waals surface area contributed by atoms with Crippen molar-refractivity contribution in [3.05, 3.63) is 77.2 Å². The maximum Gasteiger partial charge on any atom is 0.256 e. The SMILES string of the molecule is COc1cc(-c2c3c(nn2C)C2CCCC(C3)N2C(=O)c2ccccc2-n2nccn2)cc(F)c1F. The number of carbonyl (C=O) groups is 1. The predicted octanol–water partition coefficient (Wildman–Crippen LogP) is 4.25. The molecule has 0 aliphatic carbocycles. The first kappa shape index (κ1) is 22.4. The van der Waals surface area contributed by atoms with Crippen LogP contribution in [-0.4, -0.2) is 48.7 Å². The lowest BCUT2D eigenvalue weighted by Gasteiger charge is -2.45. The summed E-state index contributed by atoms with van der Waals surface area (Å²) >= 11 is 0. The van der Waals surface area contributed by atoms with Crippen LogP contribution in [0.15, 0.2) is 48.8 Å². The molecule has 1 amide bonds. The Labute approximate surface area is 206 Å². The van der Waals surface area contributed by atoms with Crippen molar-refractivity contribution in [2.24, 2.45) is 7.05 Å². The predicted molar refractivity (Wildman–Crippen MR) is 127 cm³/mol. The molecule has 2 aromatic heterocycles. The molecular weight excluding hydrogens is 466 g/mol. The van der Waals surface area contributed by atoms with Crippen LogP contribution in [0.5, 0.6) is 5.75 Å². The normalized spacial score (nSPS) is 18.7. The summed E-state index contributed by atoms with van der Waals surface area (Å²) in [5.74, 6) is -2.24. The number of aromatic nitrogens is 5. The quantitative estimate of drug-likeness (QED) is 0.428. The third kappa shape index (κ3) is 3.39. The average Bonchev–Trinajstić information content (AvgIpc) is 3.53. The molecule has 2 bridgehead atoms. The van der Waals surface area contributed by atoms with Gasteiger partial charge in [0.2, 0.25) is 5.82 Å². The zero-order chi connectivity index (χ0) is 25.0. The van der Waals surface area contributed by atoms with E-state index in [1.807, 2.05) is 23.1 Å². The van der Waals surface area contributed by atoms with Crippen molar-refractivity contribution in [3.8, 4) is 22.7 Å². The monoisotopic (exact) mass is 490 g/mol. The minimum Gasteiger partial charge on any atom is -0.494 e. The van der Waals surface area contributed by atoms with Gasteiger partial charge in [-0.1, -0.05) is 12.1 Å². The van der Waals surface area contributed by atoms with E-state index >= 15 is 0 Å². The lowest BCUT2D eigenvalue weighted by molar-refractivity contribution is 0.0391. The lowest BCUT2D eigenvalue weighted by Crippen LogP contribution is -2.50. The summed E-state index contributed by atoms with van der Waals surface area (Å²) in [6, 6.07) is 9.72. The molecule has 8 nitrogen and oxygen atoms in total. The molecule has 6 rings (SSSR count). The van der Waals surface area contributed by atoms with Gasteiger partial charge in [0.15, 0.2) is 11.6 Å². The summed E-state index contributed by atoms with van der Waals surface area (Å²) < 4.78 is 35.2. The van der Waals surface area contributed by atoms with Crippen LogP contribution in [-0.2, 0) is 13.5 Å². The van der Waals surface area contributed by atoms with E-state index in [4.69, 9.17) is 9.84 Å². The van der Waals surface area contributed by atoms with Gasteiger partial charge in [-0.25, -0.2) is 4.39 Å². The second-order valence-electron chi connectivity index (χ2n) is 9.16. The van der Waals surface area contributed by atoms with Crippen LogP contribution in [0.4, 0.5) is 8.78 Å². The number of ether oxygens (including phenoxy) is 1. The van der Waals surface area contributed by atoms with Crippen LogP contribution in [0.25, 0.3) is 16.9 Å². The molecule has 4 heterocycles. The van der Waals surface area contributed by atoms with E-state index in [9.17, 15) is 13.6 Å². The number of hydrogen-bond acceptors (Lipinski definition) is 5. The molecule has 4 aromatic rings. The molecule has 2 aliphatic rings. The topological polar surface area (TPSA) is 78.1 Å². The van der Waals surface area contributed by atoms with Crippen LogP contribution in [0.3, 0.4) is 0 Å². The standard InChI is InChI=1S/C26H24F2N6O2/c1-32-25(15-12-19(27)23(28)22(13-15)36-2)18-14-16-6-5-9-21(24(18)31-32)33(16)26(35)17-7-3-4-8-20(17)34-29-10-11-30-34/h3-4,7-8,10-13,16,21H,5-6,9,14H2,1-2H3. The van der Waals surface area contributed by atoms with E-state index in [1.165, 1.54) is 24.0 Å². The highest BCUT2D eigenvalue weighted by Crippen LogP contribution is 2.45. The van der Waals surface area contributed by atoms with Crippen molar-refractivity contribution in [1.82, 2.24) is 29.7 Å². The zero-order valence-corrected chi connectivity index (χ0v) is 19.9. The van der Waals surface area contributed by atoms with Crippen LogP contribution < -0.4 is 4.74 Å². The van der Waals surface area contributed by atoms with Gasteiger partial charge in [0.1, 0.15) is 0 Å². The summed E-state index contributed by atoms with van der Waals surface area (Å²) in [5, 5.41) is 13.2. The van der Waals surface area contributed by atoms with Gasteiger partial charge < -0.3 is 9.64 Å². The van der Waals surface area contributed by atoms with Crippen LogP contribution in [0.2, 0.25) is 0 Å². The maximum absolute atomic E-state index is 14.4.